The molecule has 0 bridgehead atoms. The third kappa shape index (κ3) is 5.81. The highest BCUT2D eigenvalue weighted by Crippen LogP contribution is 2.21. The predicted octanol–water partition coefficient (Wildman–Crippen LogP) is 3.82. The van der Waals surface area contributed by atoms with Gasteiger partial charge in [-0.15, -0.1) is 0 Å². The van der Waals surface area contributed by atoms with E-state index in [2.05, 4.69) is 21.2 Å². The molecule has 140 valence electrons. The van der Waals surface area contributed by atoms with E-state index in [0.29, 0.717) is 11.6 Å². The molecule has 0 saturated carbocycles. The molecule has 0 aliphatic carbocycles. The Labute approximate surface area is 167 Å². The van der Waals surface area contributed by atoms with Crippen molar-refractivity contribution in [3.8, 4) is 0 Å². The Morgan fingerprint density at radius 3 is 2.31 bits per heavy atom. The number of amides is 1. The van der Waals surface area contributed by atoms with Gasteiger partial charge in [-0.1, -0.05) is 46.6 Å². The molecule has 8 heteroatoms. The lowest BCUT2D eigenvalue weighted by Gasteiger charge is -2.22. The molecule has 5 nitrogen and oxygen atoms in total. The zero-order chi connectivity index (χ0) is 19.2. The van der Waals surface area contributed by atoms with Gasteiger partial charge in [-0.3, -0.25) is 4.79 Å². The molecule has 2 aromatic carbocycles. The van der Waals surface area contributed by atoms with Gasteiger partial charge in [0.1, 0.15) is 0 Å². The SMILES string of the molecule is CCCNC(=O)CN(Cc1ccc(Br)cc1)S(=O)(=O)c1ccc(Cl)cc1. The molecule has 0 fully saturated rings. The van der Waals surface area contributed by atoms with Crippen LogP contribution in [0, 0.1) is 0 Å². The monoisotopic (exact) mass is 458 g/mol. The topological polar surface area (TPSA) is 66.5 Å². The summed E-state index contributed by atoms with van der Waals surface area (Å²) in [6.45, 7) is 2.29. The van der Waals surface area contributed by atoms with E-state index in [1.807, 2.05) is 31.2 Å². The van der Waals surface area contributed by atoms with Crippen molar-refractivity contribution >= 4 is 43.5 Å². The number of benzene rings is 2. The molecule has 2 aromatic rings. The zero-order valence-electron chi connectivity index (χ0n) is 14.3. The Morgan fingerprint density at radius 1 is 1.12 bits per heavy atom. The van der Waals surface area contributed by atoms with Gasteiger partial charge < -0.3 is 5.32 Å². The van der Waals surface area contributed by atoms with Crippen molar-refractivity contribution in [2.75, 3.05) is 13.1 Å². The molecule has 0 saturated heterocycles. The summed E-state index contributed by atoms with van der Waals surface area (Å²) in [7, 11) is -3.84. The van der Waals surface area contributed by atoms with Crippen LogP contribution >= 0.6 is 27.5 Å². The van der Waals surface area contributed by atoms with Crippen LogP contribution in [0.25, 0.3) is 0 Å². The smallest absolute Gasteiger partial charge is 0.243 e. The summed E-state index contributed by atoms with van der Waals surface area (Å²) >= 11 is 9.21. The highest BCUT2D eigenvalue weighted by atomic mass is 79.9. The van der Waals surface area contributed by atoms with Crippen molar-refractivity contribution in [1.29, 1.82) is 0 Å². The minimum atomic E-state index is -3.84. The van der Waals surface area contributed by atoms with E-state index in [-0.39, 0.29) is 23.9 Å². The van der Waals surface area contributed by atoms with Gasteiger partial charge in [0.15, 0.2) is 0 Å². The van der Waals surface area contributed by atoms with E-state index >= 15 is 0 Å². The van der Waals surface area contributed by atoms with Crippen LogP contribution in [0.15, 0.2) is 57.9 Å². The van der Waals surface area contributed by atoms with Gasteiger partial charge in [-0.25, -0.2) is 8.42 Å². The number of hydrogen-bond acceptors (Lipinski definition) is 3. The fourth-order valence-corrected chi connectivity index (χ4v) is 4.03. The Bertz CT molecular complexity index is 840. The van der Waals surface area contributed by atoms with Crippen LogP contribution in [0.3, 0.4) is 0 Å². The third-order valence-corrected chi connectivity index (χ3v) is 6.20. The van der Waals surface area contributed by atoms with E-state index in [4.69, 9.17) is 11.6 Å². The van der Waals surface area contributed by atoms with Gasteiger partial charge in [0.25, 0.3) is 0 Å². The van der Waals surface area contributed by atoms with E-state index in [0.717, 1.165) is 16.5 Å². The van der Waals surface area contributed by atoms with Crippen molar-refractivity contribution in [1.82, 2.24) is 9.62 Å². The van der Waals surface area contributed by atoms with Crippen LogP contribution in [0.2, 0.25) is 5.02 Å². The van der Waals surface area contributed by atoms with E-state index in [1.165, 1.54) is 28.6 Å². The van der Waals surface area contributed by atoms with Crippen LogP contribution < -0.4 is 5.32 Å². The maximum Gasteiger partial charge on any atom is 0.243 e. The van der Waals surface area contributed by atoms with Crippen LogP contribution in [-0.2, 0) is 21.4 Å². The molecule has 0 aromatic heterocycles. The average molecular weight is 460 g/mol. The number of carbonyl (C=O) groups excluding carboxylic acids is 1. The summed E-state index contributed by atoms with van der Waals surface area (Å²) < 4.78 is 28.1. The lowest BCUT2D eigenvalue weighted by molar-refractivity contribution is -0.121. The molecule has 0 spiro atoms. The number of nitrogens with zero attached hydrogens (tertiary/aromatic N) is 1. The Morgan fingerprint density at radius 2 is 1.73 bits per heavy atom. The Hall–Kier alpha value is -1.41. The van der Waals surface area contributed by atoms with Gasteiger partial charge in [0.2, 0.25) is 15.9 Å². The van der Waals surface area contributed by atoms with Crippen LogP contribution in [0.5, 0.6) is 0 Å². The number of halogens is 2. The quantitative estimate of drug-likeness (QED) is 0.652. The first-order valence-corrected chi connectivity index (χ1v) is 10.7. The molecule has 0 unspecified atom stereocenters. The molecule has 1 N–H and O–H groups in total. The molecule has 0 radical (unpaired) electrons. The average Bonchev–Trinajstić information content (AvgIpc) is 2.61. The summed E-state index contributed by atoms with van der Waals surface area (Å²) in [5, 5.41) is 3.16. The van der Waals surface area contributed by atoms with Crippen molar-refractivity contribution < 1.29 is 13.2 Å². The van der Waals surface area contributed by atoms with Crippen molar-refractivity contribution in [2.24, 2.45) is 0 Å². The maximum atomic E-state index is 13.0. The minimum Gasteiger partial charge on any atom is -0.355 e. The van der Waals surface area contributed by atoms with Gasteiger partial charge in [0, 0.05) is 22.6 Å². The molecule has 0 atom stereocenters. The molecule has 0 aliphatic rings. The number of hydrogen-bond donors (Lipinski definition) is 1. The summed E-state index contributed by atoms with van der Waals surface area (Å²) in [4.78, 5) is 12.2. The highest BCUT2D eigenvalue weighted by molar-refractivity contribution is 9.10. The van der Waals surface area contributed by atoms with E-state index < -0.39 is 10.0 Å². The second kappa shape index (κ2) is 9.50. The molecule has 26 heavy (non-hydrogen) atoms. The Kier molecular flexibility index (Phi) is 7.64. The maximum absolute atomic E-state index is 13.0. The molecule has 0 aliphatic heterocycles. The van der Waals surface area contributed by atoms with Gasteiger partial charge in [-0.2, -0.15) is 4.31 Å². The summed E-state index contributed by atoms with van der Waals surface area (Å²) in [5.41, 5.74) is 0.786. The lowest BCUT2D eigenvalue weighted by Crippen LogP contribution is -2.40. The first-order chi connectivity index (χ1) is 12.3. The highest BCUT2D eigenvalue weighted by Gasteiger charge is 2.26. The number of rotatable bonds is 8. The summed E-state index contributed by atoms with van der Waals surface area (Å²) in [5.74, 6) is -0.332. The predicted molar refractivity (Wildman–Crippen MR) is 106 cm³/mol. The normalized spacial score (nSPS) is 11.5. The molecule has 1 amide bonds. The van der Waals surface area contributed by atoms with Crippen molar-refractivity contribution in [3.05, 3.63) is 63.6 Å². The van der Waals surface area contributed by atoms with E-state index in [1.54, 1.807) is 0 Å². The van der Waals surface area contributed by atoms with Crippen LogP contribution in [-0.4, -0.2) is 31.7 Å². The molecule has 0 heterocycles. The van der Waals surface area contributed by atoms with Crippen LogP contribution in [0.4, 0.5) is 0 Å². The van der Waals surface area contributed by atoms with E-state index in [9.17, 15) is 13.2 Å². The second-order valence-corrected chi connectivity index (χ2v) is 8.99. The first kappa shape index (κ1) is 20.9. The van der Waals surface area contributed by atoms with Gasteiger partial charge in [0.05, 0.1) is 11.4 Å². The summed E-state index contributed by atoms with van der Waals surface area (Å²) in [6, 6.07) is 13.2. The lowest BCUT2D eigenvalue weighted by atomic mass is 10.2. The molecular formula is C18H20BrClN2O3S. The summed E-state index contributed by atoms with van der Waals surface area (Å²) in [6.07, 6.45) is 0.780. The van der Waals surface area contributed by atoms with Crippen LogP contribution in [0.1, 0.15) is 18.9 Å². The zero-order valence-corrected chi connectivity index (χ0v) is 17.4. The third-order valence-electron chi connectivity index (χ3n) is 3.62. The Balaban J connectivity index is 2.30. The van der Waals surface area contributed by atoms with Gasteiger partial charge in [-0.05, 0) is 48.4 Å². The number of sulfonamides is 1. The first-order valence-electron chi connectivity index (χ1n) is 8.10. The second-order valence-electron chi connectivity index (χ2n) is 5.70. The molecule has 2 rings (SSSR count). The molecular weight excluding hydrogens is 440 g/mol. The van der Waals surface area contributed by atoms with Gasteiger partial charge >= 0.3 is 0 Å². The fraction of sp³-hybridized carbons (Fsp3) is 0.278. The number of nitrogens with one attached hydrogen (secondary N) is 1. The number of carbonyl (C=O) groups is 1. The van der Waals surface area contributed by atoms with Crippen molar-refractivity contribution in [3.63, 3.8) is 0 Å². The minimum absolute atomic E-state index is 0.0950. The van der Waals surface area contributed by atoms with Crippen molar-refractivity contribution in [2.45, 2.75) is 24.8 Å². The standard InChI is InChI=1S/C18H20BrClN2O3S/c1-2-11-21-18(23)13-22(12-14-3-5-15(19)6-4-14)26(24,25)17-9-7-16(20)8-10-17/h3-10H,2,11-13H2,1H3,(H,21,23). The largest absolute Gasteiger partial charge is 0.355 e. The fourth-order valence-electron chi connectivity index (χ4n) is 2.26.